The molecule has 0 atom stereocenters. The van der Waals surface area contributed by atoms with Crippen LogP contribution in [-0.4, -0.2) is 0 Å². The maximum absolute atomic E-state index is 3.72. The van der Waals surface area contributed by atoms with E-state index in [1.807, 2.05) is 6.08 Å². The SMILES string of the molecule is C=CCCC[CH2][Zn][C](C)(C)C. The number of unbranched alkanes of at least 4 members (excludes halogenated alkanes) is 2. The summed E-state index contributed by atoms with van der Waals surface area (Å²) in [4.78, 5) is 0. The van der Waals surface area contributed by atoms with Crippen molar-refractivity contribution in [2.75, 3.05) is 0 Å². The molecule has 11 heavy (non-hydrogen) atoms. The first-order valence-corrected chi connectivity index (χ1v) is 8.25. The maximum atomic E-state index is 3.72. The van der Waals surface area contributed by atoms with Crippen LogP contribution >= 0.6 is 0 Å². The van der Waals surface area contributed by atoms with E-state index >= 15 is 0 Å². The molecule has 1 heteroatoms. The fraction of sp³-hybridized carbons (Fsp3) is 0.800. The molecule has 0 bridgehead atoms. The van der Waals surface area contributed by atoms with Gasteiger partial charge in [-0.3, -0.25) is 0 Å². The van der Waals surface area contributed by atoms with Crippen molar-refractivity contribution in [1.29, 1.82) is 0 Å². The third-order valence-electron chi connectivity index (χ3n) is 1.84. The van der Waals surface area contributed by atoms with Crippen molar-refractivity contribution in [3.05, 3.63) is 12.7 Å². The predicted octanol–water partition coefficient (Wildman–Crippen LogP) is 4.06. The first-order chi connectivity index (χ1) is 5.06. The van der Waals surface area contributed by atoms with Gasteiger partial charge in [0.25, 0.3) is 0 Å². The van der Waals surface area contributed by atoms with Crippen molar-refractivity contribution >= 4 is 0 Å². The molecule has 0 aliphatic rings. The van der Waals surface area contributed by atoms with Gasteiger partial charge in [0.05, 0.1) is 0 Å². The van der Waals surface area contributed by atoms with Gasteiger partial charge in [0.2, 0.25) is 0 Å². The Morgan fingerprint density at radius 1 is 1.27 bits per heavy atom. The zero-order valence-electron chi connectivity index (χ0n) is 8.32. The molecule has 0 nitrogen and oxygen atoms in total. The van der Waals surface area contributed by atoms with E-state index in [9.17, 15) is 0 Å². The summed E-state index contributed by atoms with van der Waals surface area (Å²) in [5.74, 6) is 0. The standard InChI is InChI=1S/C6H11.C4H9.Zn/c1-3-5-6-4-2;1-4(2)3;/h3H,1-2,4-6H2;1-3H3;. The van der Waals surface area contributed by atoms with Gasteiger partial charge in [-0.05, 0) is 0 Å². The Balaban J connectivity index is 3.08. The van der Waals surface area contributed by atoms with E-state index in [1.54, 1.807) is 5.02 Å². The van der Waals surface area contributed by atoms with Crippen molar-refractivity contribution < 1.29 is 17.1 Å². The van der Waals surface area contributed by atoms with Crippen LogP contribution in [0.15, 0.2) is 12.7 Å². The van der Waals surface area contributed by atoms with Gasteiger partial charge in [0, 0.05) is 0 Å². The second-order valence-corrected chi connectivity index (χ2v) is 11.4. The second-order valence-electron chi connectivity index (χ2n) is 4.45. The Labute approximate surface area is 79.1 Å². The molecule has 0 saturated carbocycles. The third-order valence-corrected chi connectivity index (χ3v) is 6.77. The Kier molecular flexibility index (Phi) is 6.14. The molecule has 62 valence electrons. The summed E-state index contributed by atoms with van der Waals surface area (Å²) in [6.45, 7) is 10.9. The van der Waals surface area contributed by atoms with Gasteiger partial charge in [-0.2, -0.15) is 0 Å². The normalized spacial score (nSPS) is 10.8. The first kappa shape index (κ1) is 11.4. The summed E-state index contributed by atoms with van der Waals surface area (Å²) in [7, 11) is 0. The molecular weight excluding hydrogens is 185 g/mol. The number of rotatable bonds is 5. The van der Waals surface area contributed by atoms with Gasteiger partial charge < -0.3 is 0 Å². The summed E-state index contributed by atoms with van der Waals surface area (Å²) in [6.07, 6.45) is 6.06. The van der Waals surface area contributed by atoms with Crippen LogP contribution in [0.2, 0.25) is 9.02 Å². The summed E-state index contributed by atoms with van der Waals surface area (Å²) in [5.41, 5.74) is 0. The molecule has 0 radical (unpaired) electrons. The van der Waals surface area contributed by atoms with E-state index in [1.165, 1.54) is 19.3 Å². The van der Waals surface area contributed by atoms with E-state index < -0.39 is 0 Å². The summed E-state index contributed by atoms with van der Waals surface area (Å²) in [6, 6.07) is 0. The molecule has 0 unspecified atom stereocenters. The monoisotopic (exact) mass is 204 g/mol. The van der Waals surface area contributed by atoms with Gasteiger partial charge in [0.15, 0.2) is 0 Å². The van der Waals surface area contributed by atoms with Gasteiger partial charge in [-0.25, -0.2) is 0 Å². The van der Waals surface area contributed by atoms with E-state index in [0.29, 0.717) is 4.01 Å². The first-order valence-electron chi connectivity index (χ1n) is 4.67. The Hall–Kier alpha value is 0.363. The molecule has 0 rings (SSSR count). The quantitative estimate of drug-likeness (QED) is 0.361. The van der Waals surface area contributed by atoms with Crippen LogP contribution in [-0.2, 0) is 17.1 Å². The van der Waals surface area contributed by atoms with Crippen molar-refractivity contribution in [1.82, 2.24) is 0 Å². The molecule has 0 fully saturated rings. The minimum atomic E-state index is -0.220. The predicted molar refractivity (Wildman–Crippen MR) is 48.6 cm³/mol. The average Bonchev–Trinajstić information content (AvgIpc) is 1.85. The van der Waals surface area contributed by atoms with Crippen molar-refractivity contribution in [2.24, 2.45) is 0 Å². The van der Waals surface area contributed by atoms with Crippen LogP contribution in [0.3, 0.4) is 0 Å². The summed E-state index contributed by atoms with van der Waals surface area (Å²) in [5, 5.41) is 1.56. The molecule has 0 aromatic heterocycles. The number of allylic oxidation sites excluding steroid dienone is 1. The van der Waals surface area contributed by atoms with E-state index in [2.05, 4.69) is 27.4 Å². The molecule has 0 heterocycles. The van der Waals surface area contributed by atoms with Gasteiger partial charge in [0.1, 0.15) is 0 Å². The molecule has 0 aromatic carbocycles. The second kappa shape index (κ2) is 5.94. The van der Waals surface area contributed by atoms with Crippen LogP contribution in [0.5, 0.6) is 0 Å². The zero-order valence-corrected chi connectivity index (χ0v) is 11.3. The molecule has 0 saturated heterocycles. The Morgan fingerprint density at radius 3 is 2.36 bits per heavy atom. The molecule has 0 spiro atoms. The molecule has 0 amide bonds. The van der Waals surface area contributed by atoms with E-state index in [-0.39, 0.29) is 17.1 Å². The summed E-state index contributed by atoms with van der Waals surface area (Å²) < 4.78 is 0.710. The van der Waals surface area contributed by atoms with Crippen LogP contribution in [0.4, 0.5) is 0 Å². The van der Waals surface area contributed by atoms with Crippen LogP contribution in [0.1, 0.15) is 40.0 Å². The fourth-order valence-corrected chi connectivity index (χ4v) is 4.61. The van der Waals surface area contributed by atoms with Crippen molar-refractivity contribution in [2.45, 2.75) is 49.1 Å². The van der Waals surface area contributed by atoms with Crippen LogP contribution < -0.4 is 0 Å². The zero-order chi connectivity index (χ0) is 8.74. The summed E-state index contributed by atoms with van der Waals surface area (Å²) >= 11 is -0.220. The third kappa shape index (κ3) is 10.4. The average molecular weight is 206 g/mol. The Bertz CT molecular complexity index is 99.9. The Morgan fingerprint density at radius 2 is 1.91 bits per heavy atom. The topological polar surface area (TPSA) is 0 Å². The number of hydrogen-bond donors (Lipinski definition) is 0. The fourth-order valence-electron chi connectivity index (χ4n) is 1.12. The molecule has 0 N–H and O–H groups in total. The van der Waals surface area contributed by atoms with Gasteiger partial charge >= 0.3 is 78.8 Å². The van der Waals surface area contributed by atoms with Gasteiger partial charge in [-0.1, -0.05) is 0 Å². The molecule has 0 aromatic rings. The van der Waals surface area contributed by atoms with Crippen LogP contribution in [0, 0.1) is 0 Å². The van der Waals surface area contributed by atoms with Crippen molar-refractivity contribution in [3.63, 3.8) is 0 Å². The minimum absolute atomic E-state index is 0.220. The van der Waals surface area contributed by atoms with E-state index in [4.69, 9.17) is 0 Å². The molecule has 0 aliphatic carbocycles. The van der Waals surface area contributed by atoms with Crippen molar-refractivity contribution in [3.8, 4) is 0 Å². The number of hydrogen-bond acceptors (Lipinski definition) is 0. The van der Waals surface area contributed by atoms with Crippen LogP contribution in [0.25, 0.3) is 0 Å². The van der Waals surface area contributed by atoms with E-state index in [0.717, 1.165) is 0 Å². The van der Waals surface area contributed by atoms with Gasteiger partial charge in [-0.15, -0.1) is 0 Å². The molecule has 0 aliphatic heterocycles. The molecular formula is C10H20Zn.